The zero-order chi connectivity index (χ0) is 19.9. The van der Waals surface area contributed by atoms with Gasteiger partial charge in [0.25, 0.3) is 0 Å². The van der Waals surface area contributed by atoms with E-state index >= 15 is 0 Å². The standard InChI is InChI=1S/C21H18N8O/c1-2-13(11-22-4-1)14-10-15-17(27-28-19(15)24-12-14)21-25-18-16(3-5-23-20(18)26-21)29-6-8-30-9-7-29/h1-5,10-12H,6-9H2,(H,23,25,26)(H,24,27,28). The summed E-state index contributed by atoms with van der Waals surface area (Å²) < 4.78 is 5.49. The minimum absolute atomic E-state index is 0.638. The molecule has 0 atom stereocenters. The maximum absolute atomic E-state index is 5.49. The SMILES string of the molecule is c1cncc(-c2cnc3n[nH]c(-c4nc5nccc(N6CCOCC6)c5[nH]4)c3c2)c1. The van der Waals surface area contributed by atoms with Crippen molar-refractivity contribution >= 4 is 27.9 Å². The van der Waals surface area contributed by atoms with Crippen molar-refractivity contribution in [1.29, 1.82) is 0 Å². The van der Waals surface area contributed by atoms with Gasteiger partial charge in [-0.2, -0.15) is 5.10 Å². The molecule has 2 N–H and O–H groups in total. The molecule has 0 aromatic carbocycles. The highest BCUT2D eigenvalue weighted by Gasteiger charge is 2.19. The molecule has 6 rings (SSSR count). The molecule has 1 saturated heterocycles. The second-order valence-corrected chi connectivity index (χ2v) is 7.15. The summed E-state index contributed by atoms with van der Waals surface area (Å²) in [5.41, 5.74) is 6.07. The molecule has 0 spiro atoms. The summed E-state index contributed by atoms with van der Waals surface area (Å²) in [6.07, 6.45) is 7.18. The van der Waals surface area contributed by atoms with Crippen LogP contribution in [-0.4, -0.2) is 61.4 Å². The molecule has 5 aromatic heterocycles. The molecule has 9 heteroatoms. The van der Waals surface area contributed by atoms with Crippen molar-refractivity contribution in [2.75, 3.05) is 31.2 Å². The Morgan fingerprint density at radius 3 is 2.77 bits per heavy atom. The van der Waals surface area contributed by atoms with Crippen LogP contribution in [0.5, 0.6) is 0 Å². The summed E-state index contributed by atoms with van der Waals surface area (Å²) in [4.78, 5) is 23.6. The summed E-state index contributed by atoms with van der Waals surface area (Å²) in [5.74, 6) is 0.686. The number of anilines is 1. The number of nitrogens with zero attached hydrogens (tertiary/aromatic N) is 6. The third-order valence-corrected chi connectivity index (χ3v) is 5.36. The number of ether oxygens (including phenoxy) is 1. The van der Waals surface area contributed by atoms with Crippen LogP contribution in [0.2, 0.25) is 0 Å². The Balaban J connectivity index is 1.47. The van der Waals surface area contributed by atoms with Crippen molar-refractivity contribution in [3.05, 3.63) is 49.1 Å². The number of pyridine rings is 3. The Kier molecular flexibility index (Phi) is 3.91. The van der Waals surface area contributed by atoms with Crippen molar-refractivity contribution in [2.24, 2.45) is 0 Å². The lowest BCUT2D eigenvalue weighted by atomic mass is 10.1. The lowest BCUT2D eigenvalue weighted by Gasteiger charge is -2.28. The van der Waals surface area contributed by atoms with Gasteiger partial charge in [-0.1, -0.05) is 6.07 Å². The molecule has 5 aromatic rings. The van der Waals surface area contributed by atoms with E-state index in [0.29, 0.717) is 17.1 Å². The molecule has 0 unspecified atom stereocenters. The lowest BCUT2D eigenvalue weighted by molar-refractivity contribution is 0.123. The van der Waals surface area contributed by atoms with Crippen LogP contribution < -0.4 is 4.90 Å². The topological polar surface area (TPSA) is 108 Å². The van der Waals surface area contributed by atoms with Crippen molar-refractivity contribution in [3.8, 4) is 22.6 Å². The zero-order valence-electron chi connectivity index (χ0n) is 16.0. The van der Waals surface area contributed by atoms with Crippen LogP contribution in [0.3, 0.4) is 0 Å². The van der Waals surface area contributed by atoms with E-state index in [-0.39, 0.29) is 0 Å². The molecule has 9 nitrogen and oxygen atoms in total. The number of aromatic amines is 2. The van der Waals surface area contributed by atoms with E-state index in [2.05, 4.69) is 41.1 Å². The van der Waals surface area contributed by atoms with Crippen LogP contribution in [0.1, 0.15) is 0 Å². The van der Waals surface area contributed by atoms with Crippen molar-refractivity contribution in [3.63, 3.8) is 0 Å². The first-order valence-corrected chi connectivity index (χ1v) is 9.79. The van der Waals surface area contributed by atoms with Gasteiger partial charge in [0.15, 0.2) is 17.1 Å². The van der Waals surface area contributed by atoms with Gasteiger partial charge >= 0.3 is 0 Å². The molecule has 0 aliphatic carbocycles. The lowest BCUT2D eigenvalue weighted by Crippen LogP contribution is -2.36. The molecule has 148 valence electrons. The first kappa shape index (κ1) is 17.0. The number of H-pyrrole nitrogens is 2. The number of hydrogen-bond donors (Lipinski definition) is 2. The van der Waals surface area contributed by atoms with Crippen LogP contribution >= 0.6 is 0 Å². The summed E-state index contributed by atoms with van der Waals surface area (Å²) in [6, 6.07) is 7.99. The quantitative estimate of drug-likeness (QED) is 0.481. The number of nitrogens with one attached hydrogen (secondary N) is 2. The molecule has 6 heterocycles. The van der Waals surface area contributed by atoms with E-state index in [1.165, 1.54) is 0 Å². The zero-order valence-corrected chi connectivity index (χ0v) is 16.0. The third-order valence-electron chi connectivity index (χ3n) is 5.36. The number of imidazole rings is 1. The molecule has 0 amide bonds. The van der Waals surface area contributed by atoms with Gasteiger partial charge in [-0.3, -0.25) is 10.1 Å². The molecule has 0 radical (unpaired) electrons. The third kappa shape index (κ3) is 2.79. The number of rotatable bonds is 3. The second-order valence-electron chi connectivity index (χ2n) is 7.15. The number of aromatic nitrogens is 7. The summed E-state index contributed by atoms with van der Waals surface area (Å²) >= 11 is 0. The monoisotopic (exact) mass is 398 g/mol. The Morgan fingerprint density at radius 1 is 0.967 bits per heavy atom. The minimum atomic E-state index is 0.638. The van der Waals surface area contributed by atoms with Crippen molar-refractivity contribution in [2.45, 2.75) is 0 Å². The summed E-state index contributed by atoms with van der Waals surface area (Å²) in [5, 5.41) is 8.33. The Labute approximate surface area is 171 Å². The Hall–Kier alpha value is -3.85. The van der Waals surface area contributed by atoms with Gasteiger partial charge in [-0.05, 0) is 18.2 Å². The highest BCUT2D eigenvalue weighted by atomic mass is 16.5. The normalized spacial score (nSPS) is 14.6. The van der Waals surface area contributed by atoms with E-state index in [0.717, 1.165) is 59.7 Å². The molecule has 0 saturated carbocycles. The second kappa shape index (κ2) is 6.89. The first-order valence-electron chi connectivity index (χ1n) is 9.79. The van der Waals surface area contributed by atoms with Gasteiger partial charge in [0.1, 0.15) is 11.2 Å². The highest BCUT2D eigenvalue weighted by Crippen LogP contribution is 2.31. The average molecular weight is 398 g/mol. The van der Waals surface area contributed by atoms with E-state index < -0.39 is 0 Å². The van der Waals surface area contributed by atoms with Crippen molar-refractivity contribution in [1.82, 2.24) is 35.1 Å². The summed E-state index contributed by atoms with van der Waals surface area (Å²) in [6.45, 7) is 3.13. The van der Waals surface area contributed by atoms with Gasteiger partial charge in [0.05, 0.1) is 24.3 Å². The van der Waals surface area contributed by atoms with E-state index in [1.807, 2.05) is 24.4 Å². The molecule has 30 heavy (non-hydrogen) atoms. The van der Waals surface area contributed by atoms with E-state index in [4.69, 9.17) is 9.72 Å². The Bertz CT molecular complexity index is 1340. The highest BCUT2D eigenvalue weighted by molar-refractivity contribution is 5.95. The van der Waals surface area contributed by atoms with Gasteiger partial charge in [-0.15, -0.1) is 0 Å². The number of fused-ring (bicyclic) bond motifs is 2. The van der Waals surface area contributed by atoms with Gasteiger partial charge in [-0.25, -0.2) is 15.0 Å². The molecule has 1 aliphatic heterocycles. The first-order chi connectivity index (χ1) is 14.9. The molecular formula is C21H18N8O. The van der Waals surface area contributed by atoms with E-state index in [9.17, 15) is 0 Å². The smallest absolute Gasteiger partial charge is 0.181 e. The predicted molar refractivity (Wildman–Crippen MR) is 113 cm³/mol. The predicted octanol–water partition coefficient (Wildman–Crippen LogP) is 2.79. The van der Waals surface area contributed by atoms with E-state index in [1.54, 1.807) is 18.6 Å². The maximum atomic E-state index is 5.49. The average Bonchev–Trinajstić information content (AvgIpc) is 3.43. The fraction of sp³-hybridized carbons (Fsp3) is 0.190. The molecule has 0 bridgehead atoms. The van der Waals surface area contributed by atoms with Gasteiger partial charge < -0.3 is 14.6 Å². The van der Waals surface area contributed by atoms with Gasteiger partial charge in [0.2, 0.25) is 0 Å². The van der Waals surface area contributed by atoms with Gasteiger partial charge in [0, 0.05) is 49.0 Å². The van der Waals surface area contributed by atoms with Crippen LogP contribution in [0, 0.1) is 0 Å². The van der Waals surface area contributed by atoms with Crippen LogP contribution in [-0.2, 0) is 4.74 Å². The number of morpholine rings is 1. The molecule has 1 fully saturated rings. The minimum Gasteiger partial charge on any atom is -0.378 e. The fourth-order valence-corrected chi connectivity index (χ4v) is 3.86. The fourth-order valence-electron chi connectivity index (χ4n) is 3.86. The number of hydrogen-bond acceptors (Lipinski definition) is 7. The maximum Gasteiger partial charge on any atom is 0.181 e. The van der Waals surface area contributed by atoms with Crippen LogP contribution in [0.15, 0.2) is 49.1 Å². The van der Waals surface area contributed by atoms with Crippen molar-refractivity contribution < 1.29 is 4.74 Å². The van der Waals surface area contributed by atoms with Crippen LogP contribution in [0.25, 0.3) is 44.8 Å². The Morgan fingerprint density at radius 2 is 1.90 bits per heavy atom. The largest absolute Gasteiger partial charge is 0.378 e. The summed E-state index contributed by atoms with van der Waals surface area (Å²) in [7, 11) is 0. The molecular weight excluding hydrogens is 380 g/mol. The van der Waals surface area contributed by atoms with Crippen LogP contribution in [0.4, 0.5) is 5.69 Å². The molecule has 1 aliphatic rings.